The van der Waals surface area contributed by atoms with Gasteiger partial charge in [-0.05, 0) is 12.5 Å². The van der Waals surface area contributed by atoms with Crippen LogP contribution < -0.4 is 15.8 Å². The van der Waals surface area contributed by atoms with Gasteiger partial charge in [-0.15, -0.1) is 0 Å². The van der Waals surface area contributed by atoms with Crippen molar-refractivity contribution >= 4 is 6.09 Å². The Bertz CT molecular complexity index is 422. The van der Waals surface area contributed by atoms with Crippen LogP contribution >= 0.6 is 0 Å². The van der Waals surface area contributed by atoms with Gasteiger partial charge in [0.25, 0.3) is 0 Å². The fourth-order valence-electron chi connectivity index (χ4n) is 1.85. The van der Waals surface area contributed by atoms with Gasteiger partial charge in [0, 0.05) is 11.6 Å². The molecule has 1 saturated heterocycles. The van der Waals surface area contributed by atoms with Crippen molar-refractivity contribution in [2.45, 2.75) is 25.5 Å². The Labute approximate surface area is 106 Å². The second kappa shape index (κ2) is 5.73. The van der Waals surface area contributed by atoms with Crippen molar-refractivity contribution in [2.75, 3.05) is 13.2 Å². The van der Waals surface area contributed by atoms with Crippen molar-refractivity contribution in [1.29, 1.82) is 0 Å². The first-order valence-corrected chi connectivity index (χ1v) is 6.12. The van der Waals surface area contributed by atoms with Crippen LogP contribution in [0.4, 0.5) is 4.79 Å². The van der Waals surface area contributed by atoms with E-state index in [4.69, 9.17) is 15.2 Å². The van der Waals surface area contributed by atoms with Gasteiger partial charge in [-0.3, -0.25) is 0 Å². The van der Waals surface area contributed by atoms with Crippen molar-refractivity contribution in [2.24, 2.45) is 5.73 Å². The average Bonchev–Trinajstić information content (AvgIpc) is 2.81. The van der Waals surface area contributed by atoms with E-state index in [0.717, 1.165) is 17.7 Å². The summed E-state index contributed by atoms with van der Waals surface area (Å²) in [6.45, 7) is 2.86. The molecule has 3 N–H and O–H groups in total. The Kier molecular flexibility index (Phi) is 4.04. The lowest BCUT2D eigenvalue weighted by molar-refractivity contribution is 0.104. The highest BCUT2D eigenvalue weighted by molar-refractivity contribution is 5.69. The first kappa shape index (κ1) is 12.7. The van der Waals surface area contributed by atoms with Gasteiger partial charge in [-0.25, -0.2) is 4.79 Å². The lowest BCUT2D eigenvalue weighted by Crippen LogP contribution is -2.22. The zero-order valence-electron chi connectivity index (χ0n) is 10.4. The van der Waals surface area contributed by atoms with Gasteiger partial charge in [-0.1, -0.05) is 25.1 Å². The van der Waals surface area contributed by atoms with Crippen LogP contribution in [0.25, 0.3) is 0 Å². The van der Waals surface area contributed by atoms with Gasteiger partial charge in [0.05, 0.1) is 6.54 Å². The van der Waals surface area contributed by atoms with Crippen molar-refractivity contribution in [3.8, 4) is 5.75 Å². The third-order valence-corrected chi connectivity index (χ3v) is 2.93. The Morgan fingerprint density at radius 2 is 2.33 bits per heavy atom. The molecule has 0 aromatic heterocycles. The summed E-state index contributed by atoms with van der Waals surface area (Å²) in [4.78, 5) is 10.9. The molecule has 1 aromatic rings. The van der Waals surface area contributed by atoms with Crippen molar-refractivity contribution in [3.05, 3.63) is 29.8 Å². The van der Waals surface area contributed by atoms with Gasteiger partial charge in [0.2, 0.25) is 0 Å². The number of hydrogen-bond donors (Lipinski definition) is 2. The molecule has 0 aliphatic carbocycles. The van der Waals surface area contributed by atoms with Crippen LogP contribution in [0.2, 0.25) is 0 Å². The fourth-order valence-corrected chi connectivity index (χ4v) is 1.85. The molecule has 1 amide bonds. The van der Waals surface area contributed by atoms with E-state index >= 15 is 0 Å². The predicted octanol–water partition coefficient (Wildman–Crippen LogP) is 1.58. The molecule has 1 aromatic carbocycles. The Morgan fingerprint density at radius 1 is 1.56 bits per heavy atom. The number of hydrogen-bond acceptors (Lipinski definition) is 4. The third-order valence-electron chi connectivity index (χ3n) is 2.93. The lowest BCUT2D eigenvalue weighted by Gasteiger charge is -2.16. The van der Waals surface area contributed by atoms with E-state index in [-0.39, 0.29) is 18.2 Å². The van der Waals surface area contributed by atoms with Crippen LogP contribution in [0.1, 0.15) is 24.9 Å². The monoisotopic (exact) mass is 250 g/mol. The van der Waals surface area contributed by atoms with E-state index in [2.05, 4.69) is 5.32 Å². The first-order valence-electron chi connectivity index (χ1n) is 6.12. The SMILES string of the molecule is CC[C@@H](N)c1ccccc1OCC1CNC(=O)O1. The van der Waals surface area contributed by atoms with Crippen LogP contribution in [-0.4, -0.2) is 25.3 Å². The molecule has 18 heavy (non-hydrogen) atoms. The molecule has 2 atom stereocenters. The quantitative estimate of drug-likeness (QED) is 0.832. The Morgan fingerprint density at radius 3 is 3.00 bits per heavy atom. The molecule has 98 valence electrons. The maximum atomic E-state index is 10.9. The summed E-state index contributed by atoms with van der Waals surface area (Å²) in [5.74, 6) is 0.759. The van der Waals surface area contributed by atoms with Crippen LogP contribution in [0.3, 0.4) is 0 Å². The molecule has 2 rings (SSSR count). The number of carbonyl (C=O) groups excluding carboxylic acids is 1. The van der Waals surface area contributed by atoms with Gasteiger partial charge in [0.1, 0.15) is 12.4 Å². The molecule has 5 heteroatoms. The van der Waals surface area contributed by atoms with E-state index in [0.29, 0.717) is 13.2 Å². The average molecular weight is 250 g/mol. The largest absolute Gasteiger partial charge is 0.489 e. The summed E-state index contributed by atoms with van der Waals surface area (Å²) >= 11 is 0. The molecule has 0 saturated carbocycles. The molecule has 1 aliphatic heterocycles. The summed E-state index contributed by atoms with van der Waals surface area (Å²) in [7, 11) is 0. The van der Waals surface area contributed by atoms with Gasteiger partial charge in [-0.2, -0.15) is 0 Å². The van der Waals surface area contributed by atoms with E-state index in [1.807, 2.05) is 31.2 Å². The van der Waals surface area contributed by atoms with Crippen LogP contribution in [0, 0.1) is 0 Å². The third kappa shape index (κ3) is 2.92. The summed E-state index contributed by atoms with van der Waals surface area (Å²) < 4.78 is 10.7. The number of nitrogens with one attached hydrogen (secondary N) is 1. The zero-order valence-corrected chi connectivity index (χ0v) is 10.4. The van der Waals surface area contributed by atoms with Crippen LogP contribution in [0.5, 0.6) is 5.75 Å². The molecular formula is C13H18N2O3. The molecule has 1 heterocycles. The number of nitrogens with two attached hydrogens (primary N) is 1. The number of benzene rings is 1. The Hall–Kier alpha value is -1.75. The number of amides is 1. The predicted molar refractivity (Wildman–Crippen MR) is 67.4 cm³/mol. The van der Waals surface area contributed by atoms with Crippen molar-refractivity contribution in [1.82, 2.24) is 5.32 Å². The zero-order chi connectivity index (χ0) is 13.0. The molecular weight excluding hydrogens is 232 g/mol. The maximum Gasteiger partial charge on any atom is 0.407 e. The number of ether oxygens (including phenoxy) is 2. The number of rotatable bonds is 5. The van der Waals surface area contributed by atoms with Crippen LogP contribution in [-0.2, 0) is 4.74 Å². The molecule has 0 spiro atoms. The van der Waals surface area contributed by atoms with E-state index in [1.165, 1.54) is 0 Å². The minimum atomic E-state index is -0.387. The minimum Gasteiger partial charge on any atom is -0.489 e. The highest BCUT2D eigenvalue weighted by Gasteiger charge is 2.23. The molecule has 1 aliphatic rings. The Balaban J connectivity index is 1.98. The topological polar surface area (TPSA) is 73.6 Å². The summed E-state index contributed by atoms with van der Waals surface area (Å²) in [5, 5.41) is 2.59. The molecule has 1 unspecified atom stereocenters. The smallest absolute Gasteiger partial charge is 0.407 e. The first-order chi connectivity index (χ1) is 8.70. The lowest BCUT2D eigenvalue weighted by atomic mass is 10.0. The molecule has 5 nitrogen and oxygen atoms in total. The highest BCUT2D eigenvalue weighted by Crippen LogP contribution is 2.25. The summed E-state index contributed by atoms with van der Waals surface area (Å²) in [5.41, 5.74) is 7.01. The van der Waals surface area contributed by atoms with Gasteiger partial charge < -0.3 is 20.5 Å². The molecule has 1 fully saturated rings. The van der Waals surface area contributed by atoms with E-state index in [9.17, 15) is 4.79 Å². The maximum absolute atomic E-state index is 10.9. The number of cyclic esters (lactones) is 1. The summed E-state index contributed by atoms with van der Waals surface area (Å²) in [6.07, 6.45) is 0.228. The standard InChI is InChI=1S/C13H18N2O3/c1-2-11(14)10-5-3-4-6-12(10)17-8-9-7-15-13(16)18-9/h3-6,9,11H,2,7-8,14H2,1H3,(H,15,16)/t9?,11-/m1/s1. The highest BCUT2D eigenvalue weighted by atomic mass is 16.6. The van der Waals surface area contributed by atoms with E-state index in [1.54, 1.807) is 0 Å². The summed E-state index contributed by atoms with van der Waals surface area (Å²) in [6, 6.07) is 7.65. The normalized spacial score (nSPS) is 20.1. The molecule has 0 bridgehead atoms. The van der Waals surface area contributed by atoms with E-state index < -0.39 is 0 Å². The number of alkyl carbamates (subject to hydrolysis) is 1. The van der Waals surface area contributed by atoms with Crippen LogP contribution in [0.15, 0.2) is 24.3 Å². The molecule has 0 radical (unpaired) electrons. The minimum absolute atomic E-state index is 0.0366. The van der Waals surface area contributed by atoms with Crippen molar-refractivity contribution in [3.63, 3.8) is 0 Å². The second-order valence-corrected chi connectivity index (χ2v) is 4.27. The second-order valence-electron chi connectivity index (χ2n) is 4.27. The number of carbonyl (C=O) groups is 1. The number of para-hydroxylation sites is 1. The van der Waals surface area contributed by atoms with Gasteiger partial charge in [0.15, 0.2) is 6.10 Å². The fraction of sp³-hybridized carbons (Fsp3) is 0.462. The van der Waals surface area contributed by atoms with Crippen molar-refractivity contribution < 1.29 is 14.3 Å². The van der Waals surface area contributed by atoms with Gasteiger partial charge >= 0.3 is 6.09 Å².